The zero-order chi connectivity index (χ0) is 17.6. The lowest BCUT2D eigenvalue weighted by atomic mass is 9.96. The molecule has 0 heterocycles. The van der Waals surface area contributed by atoms with E-state index in [4.69, 9.17) is 11.6 Å². The molecular weight excluding hydrogens is 320 g/mol. The quantitative estimate of drug-likeness (QED) is 0.807. The van der Waals surface area contributed by atoms with E-state index in [1.807, 2.05) is 0 Å². The van der Waals surface area contributed by atoms with Crippen molar-refractivity contribution in [3.8, 4) is 0 Å². The summed E-state index contributed by atoms with van der Waals surface area (Å²) in [4.78, 5) is 35.1. The molecular formula is C16H21ClN2O4. The van der Waals surface area contributed by atoms with E-state index in [1.165, 1.54) is 25.3 Å². The number of methoxy groups -OCH3 is 1. The van der Waals surface area contributed by atoms with Crippen molar-refractivity contribution in [1.29, 1.82) is 0 Å². The Morgan fingerprint density at radius 3 is 2.43 bits per heavy atom. The van der Waals surface area contributed by atoms with E-state index in [9.17, 15) is 14.4 Å². The van der Waals surface area contributed by atoms with Crippen molar-refractivity contribution in [1.82, 2.24) is 5.32 Å². The number of rotatable bonds is 5. The van der Waals surface area contributed by atoms with Gasteiger partial charge in [0.25, 0.3) is 0 Å². The molecule has 0 aliphatic carbocycles. The predicted molar refractivity (Wildman–Crippen MR) is 88.5 cm³/mol. The number of amides is 2. The van der Waals surface area contributed by atoms with E-state index < -0.39 is 11.4 Å². The van der Waals surface area contributed by atoms with Crippen LogP contribution < -0.4 is 10.6 Å². The number of carbonyl (C=O) groups is 3. The second-order valence-electron chi connectivity index (χ2n) is 5.99. The normalized spacial score (nSPS) is 10.8. The number of hydrogen-bond acceptors (Lipinski definition) is 4. The van der Waals surface area contributed by atoms with Crippen LogP contribution in [0.2, 0.25) is 5.02 Å². The van der Waals surface area contributed by atoms with Crippen LogP contribution in [-0.2, 0) is 14.3 Å². The van der Waals surface area contributed by atoms with E-state index in [-0.39, 0.29) is 30.3 Å². The highest BCUT2D eigenvalue weighted by molar-refractivity contribution is 6.33. The van der Waals surface area contributed by atoms with Gasteiger partial charge in [-0.1, -0.05) is 32.4 Å². The number of anilines is 1. The van der Waals surface area contributed by atoms with E-state index in [2.05, 4.69) is 15.4 Å². The SMILES string of the molecule is COC(=O)c1ccc(Cl)c(NC(=O)CCNC(=O)C(C)(C)C)c1. The summed E-state index contributed by atoms with van der Waals surface area (Å²) < 4.78 is 4.62. The fourth-order valence-corrected chi connectivity index (χ4v) is 1.80. The molecule has 1 rings (SSSR count). The summed E-state index contributed by atoms with van der Waals surface area (Å²) in [7, 11) is 1.27. The van der Waals surface area contributed by atoms with Gasteiger partial charge in [-0.05, 0) is 18.2 Å². The number of halogens is 1. The minimum atomic E-state index is -0.519. The molecule has 2 amide bonds. The number of nitrogens with one attached hydrogen (secondary N) is 2. The lowest BCUT2D eigenvalue weighted by Crippen LogP contribution is -2.36. The number of hydrogen-bond donors (Lipinski definition) is 2. The smallest absolute Gasteiger partial charge is 0.337 e. The van der Waals surface area contributed by atoms with Crippen LogP contribution >= 0.6 is 11.6 Å². The number of benzene rings is 1. The maximum absolute atomic E-state index is 11.9. The van der Waals surface area contributed by atoms with Gasteiger partial charge in [0.05, 0.1) is 23.4 Å². The van der Waals surface area contributed by atoms with Gasteiger partial charge in [-0.2, -0.15) is 0 Å². The molecule has 0 aromatic heterocycles. The van der Waals surface area contributed by atoms with E-state index in [1.54, 1.807) is 20.8 Å². The molecule has 6 nitrogen and oxygen atoms in total. The van der Waals surface area contributed by atoms with Crippen LogP contribution in [0.1, 0.15) is 37.6 Å². The molecule has 0 spiro atoms. The first-order chi connectivity index (χ1) is 10.6. The maximum Gasteiger partial charge on any atom is 0.337 e. The monoisotopic (exact) mass is 340 g/mol. The Kier molecular flexibility index (Phi) is 6.57. The van der Waals surface area contributed by atoms with E-state index in [0.29, 0.717) is 10.7 Å². The minimum Gasteiger partial charge on any atom is -0.465 e. The Labute approximate surface area is 140 Å². The third-order valence-electron chi connectivity index (χ3n) is 2.98. The van der Waals surface area contributed by atoms with Crippen LogP contribution in [0.4, 0.5) is 5.69 Å². The Morgan fingerprint density at radius 1 is 1.22 bits per heavy atom. The molecule has 0 unspecified atom stereocenters. The molecule has 0 fully saturated rings. The molecule has 2 N–H and O–H groups in total. The van der Waals surface area contributed by atoms with Gasteiger partial charge in [0.2, 0.25) is 11.8 Å². The lowest BCUT2D eigenvalue weighted by molar-refractivity contribution is -0.128. The van der Waals surface area contributed by atoms with Crippen molar-refractivity contribution in [3.05, 3.63) is 28.8 Å². The molecule has 0 aliphatic rings. The molecule has 0 bridgehead atoms. The topological polar surface area (TPSA) is 84.5 Å². The molecule has 126 valence electrons. The summed E-state index contributed by atoms with van der Waals surface area (Å²) in [5.41, 5.74) is 0.101. The van der Waals surface area contributed by atoms with Crippen LogP contribution in [0.5, 0.6) is 0 Å². The third kappa shape index (κ3) is 5.90. The molecule has 7 heteroatoms. The van der Waals surface area contributed by atoms with Crippen LogP contribution in [0.25, 0.3) is 0 Å². The van der Waals surface area contributed by atoms with Crippen molar-refractivity contribution in [2.24, 2.45) is 5.41 Å². The van der Waals surface area contributed by atoms with Crippen molar-refractivity contribution in [2.45, 2.75) is 27.2 Å². The summed E-state index contributed by atoms with van der Waals surface area (Å²) in [6.07, 6.45) is 0.0978. The lowest BCUT2D eigenvalue weighted by Gasteiger charge is -2.17. The fraction of sp³-hybridized carbons (Fsp3) is 0.438. The summed E-state index contributed by atoms with van der Waals surface area (Å²) >= 11 is 6.00. The molecule has 0 saturated heterocycles. The van der Waals surface area contributed by atoms with Gasteiger partial charge in [-0.15, -0.1) is 0 Å². The summed E-state index contributed by atoms with van der Waals surface area (Å²) in [6.45, 7) is 5.59. The zero-order valence-corrected chi connectivity index (χ0v) is 14.4. The fourth-order valence-electron chi connectivity index (χ4n) is 1.63. The first-order valence-electron chi connectivity index (χ1n) is 7.11. The first kappa shape index (κ1) is 19.0. The van der Waals surface area contributed by atoms with Crippen LogP contribution in [0.3, 0.4) is 0 Å². The Balaban J connectivity index is 2.61. The van der Waals surface area contributed by atoms with Gasteiger partial charge >= 0.3 is 5.97 Å². The number of carbonyl (C=O) groups excluding carboxylic acids is 3. The highest BCUT2D eigenvalue weighted by Crippen LogP contribution is 2.23. The van der Waals surface area contributed by atoms with E-state index in [0.717, 1.165) is 0 Å². The predicted octanol–water partition coefficient (Wildman–Crippen LogP) is 2.62. The van der Waals surface area contributed by atoms with Crippen molar-refractivity contribution in [2.75, 3.05) is 19.0 Å². The molecule has 0 atom stereocenters. The van der Waals surface area contributed by atoms with Crippen LogP contribution in [-0.4, -0.2) is 31.4 Å². The van der Waals surface area contributed by atoms with Crippen LogP contribution in [0.15, 0.2) is 18.2 Å². The van der Waals surface area contributed by atoms with Gasteiger partial charge in [-0.25, -0.2) is 4.79 Å². The molecule has 0 aliphatic heterocycles. The Bertz CT molecular complexity index is 609. The highest BCUT2D eigenvalue weighted by atomic mass is 35.5. The summed E-state index contributed by atoms with van der Waals surface area (Å²) in [6, 6.07) is 4.46. The van der Waals surface area contributed by atoms with Crippen molar-refractivity contribution < 1.29 is 19.1 Å². The van der Waals surface area contributed by atoms with Gasteiger partial charge in [0, 0.05) is 18.4 Å². The minimum absolute atomic E-state index is 0.0978. The molecule has 1 aromatic rings. The molecule has 1 aromatic carbocycles. The van der Waals surface area contributed by atoms with Gasteiger partial charge in [-0.3, -0.25) is 9.59 Å². The molecule has 23 heavy (non-hydrogen) atoms. The van der Waals surface area contributed by atoms with E-state index >= 15 is 0 Å². The summed E-state index contributed by atoms with van der Waals surface area (Å²) in [5, 5.41) is 5.61. The Morgan fingerprint density at radius 2 is 1.87 bits per heavy atom. The maximum atomic E-state index is 11.9. The van der Waals surface area contributed by atoms with Crippen molar-refractivity contribution in [3.63, 3.8) is 0 Å². The van der Waals surface area contributed by atoms with Gasteiger partial charge in [0.1, 0.15) is 0 Å². The van der Waals surface area contributed by atoms with Gasteiger partial charge < -0.3 is 15.4 Å². The first-order valence-corrected chi connectivity index (χ1v) is 7.49. The third-order valence-corrected chi connectivity index (χ3v) is 3.31. The molecule has 0 radical (unpaired) electrons. The second kappa shape index (κ2) is 7.97. The molecule has 0 saturated carbocycles. The Hall–Kier alpha value is -2.08. The average molecular weight is 341 g/mol. The zero-order valence-electron chi connectivity index (χ0n) is 13.7. The second-order valence-corrected chi connectivity index (χ2v) is 6.40. The standard InChI is InChI=1S/C16H21ClN2O4/c1-16(2,3)15(22)18-8-7-13(20)19-12-9-10(14(21)23-4)5-6-11(12)17/h5-6,9H,7-8H2,1-4H3,(H,18,22)(H,19,20). The van der Waals surface area contributed by atoms with Crippen molar-refractivity contribution >= 4 is 35.1 Å². The summed E-state index contributed by atoms with van der Waals surface area (Å²) in [5.74, 6) is -0.964. The van der Waals surface area contributed by atoms with Crippen LogP contribution in [0, 0.1) is 5.41 Å². The highest BCUT2D eigenvalue weighted by Gasteiger charge is 2.20. The largest absolute Gasteiger partial charge is 0.465 e. The average Bonchev–Trinajstić information content (AvgIpc) is 2.47. The number of esters is 1. The van der Waals surface area contributed by atoms with Gasteiger partial charge in [0.15, 0.2) is 0 Å². The number of ether oxygens (including phenoxy) is 1.